The van der Waals surface area contributed by atoms with Crippen molar-refractivity contribution in [2.24, 2.45) is 0 Å². The van der Waals surface area contributed by atoms with Gasteiger partial charge in [-0.05, 0) is 30.8 Å². The van der Waals surface area contributed by atoms with Gasteiger partial charge in [0.25, 0.3) is 0 Å². The van der Waals surface area contributed by atoms with Gasteiger partial charge in [0, 0.05) is 11.4 Å². The van der Waals surface area contributed by atoms with Gasteiger partial charge in [0.1, 0.15) is 0 Å². The molecular weight excluding hydrogens is 190 g/mol. The third kappa shape index (κ3) is 3.13. The van der Waals surface area contributed by atoms with Crippen molar-refractivity contribution in [2.75, 3.05) is 13.1 Å². The summed E-state index contributed by atoms with van der Waals surface area (Å²) in [6.07, 6.45) is 2.24. The molecule has 0 aliphatic rings. The summed E-state index contributed by atoms with van der Waals surface area (Å²) >= 11 is 7.67. The van der Waals surface area contributed by atoms with E-state index in [4.69, 9.17) is 11.6 Å². The molecule has 0 unspecified atom stereocenters. The first-order valence-electron chi connectivity index (χ1n) is 4.27. The first-order valence-corrected chi connectivity index (χ1v) is 5.53. The topological polar surface area (TPSA) is 12.0 Å². The number of thiophene rings is 1. The highest BCUT2D eigenvalue weighted by Crippen LogP contribution is 2.21. The Hall–Kier alpha value is -0.0500. The van der Waals surface area contributed by atoms with Gasteiger partial charge in [0.2, 0.25) is 0 Å². The summed E-state index contributed by atoms with van der Waals surface area (Å²) < 4.78 is 0. The first kappa shape index (κ1) is 10.0. The maximum Gasteiger partial charge on any atom is 0.0545 e. The van der Waals surface area contributed by atoms with Gasteiger partial charge in [0.05, 0.1) is 5.02 Å². The summed E-state index contributed by atoms with van der Waals surface area (Å²) in [5, 5.41) is 6.30. The molecule has 0 saturated carbocycles. The van der Waals surface area contributed by atoms with E-state index in [1.54, 1.807) is 11.3 Å². The first-order chi connectivity index (χ1) is 5.84. The summed E-state index contributed by atoms with van der Waals surface area (Å²) in [5.41, 5.74) is 0. The molecule has 0 spiro atoms. The molecule has 0 saturated heterocycles. The van der Waals surface area contributed by atoms with Gasteiger partial charge in [-0.1, -0.05) is 18.5 Å². The maximum absolute atomic E-state index is 5.94. The average molecular weight is 204 g/mol. The number of hydrogen-bond donors (Lipinski definition) is 1. The van der Waals surface area contributed by atoms with E-state index < -0.39 is 0 Å². The van der Waals surface area contributed by atoms with E-state index in [2.05, 4.69) is 12.2 Å². The van der Waals surface area contributed by atoms with Crippen LogP contribution in [0, 0.1) is 0 Å². The van der Waals surface area contributed by atoms with Gasteiger partial charge in [-0.15, -0.1) is 11.3 Å². The van der Waals surface area contributed by atoms with Gasteiger partial charge >= 0.3 is 0 Å². The molecule has 0 amide bonds. The molecule has 0 aromatic carbocycles. The fourth-order valence-corrected chi connectivity index (χ4v) is 2.14. The molecule has 68 valence electrons. The van der Waals surface area contributed by atoms with Crippen molar-refractivity contribution in [2.45, 2.75) is 19.8 Å². The molecule has 1 aromatic heterocycles. The van der Waals surface area contributed by atoms with E-state index >= 15 is 0 Å². The van der Waals surface area contributed by atoms with Gasteiger partial charge in [-0.25, -0.2) is 0 Å². The summed E-state index contributed by atoms with van der Waals surface area (Å²) in [6, 6.07) is 1.96. The standard InChI is InChI=1S/C9H14ClNS/c1-2-5-11-6-3-9-8(10)4-7-12-9/h4,7,11H,2-3,5-6H2,1H3. The number of halogens is 1. The highest BCUT2D eigenvalue weighted by Gasteiger charge is 1.99. The number of hydrogen-bond acceptors (Lipinski definition) is 2. The normalized spacial score (nSPS) is 10.5. The van der Waals surface area contributed by atoms with Crippen LogP contribution in [0.25, 0.3) is 0 Å². The Balaban J connectivity index is 2.20. The minimum absolute atomic E-state index is 0.915. The number of rotatable bonds is 5. The van der Waals surface area contributed by atoms with E-state index in [-0.39, 0.29) is 0 Å². The Morgan fingerprint density at radius 2 is 2.33 bits per heavy atom. The molecule has 3 heteroatoms. The lowest BCUT2D eigenvalue weighted by molar-refractivity contribution is 0.674. The van der Waals surface area contributed by atoms with Gasteiger partial charge < -0.3 is 5.32 Å². The van der Waals surface area contributed by atoms with Crippen LogP contribution in [0.1, 0.15) is 18.2 Å². The molecule has 0 bridgehead atoms. The van der Waals surface area contributed by atoms with E-state index in [1.807, 2.05) is 11.4 Å². The van der Waals surface area contributed by atoms with E-state index in [9.17, 15) is 0 Å². The van der Waals surface area contributed by atoms with Crippen LogP contribution < -0.4 is 5.32 Å². The Morgan fingerprint density at radius 1 is 1.50 bits per heavy atom. The molecule has 0 aliphatic heterocycles. The highest BCUT2D eigenvalue weighted by molar-refractivity contribution is 7.10. The zero-order chi connectivity index (χ0) is 8.81. The summed E-state index contributed by atoms with van der Waals surface area (Å²) in [5.74, 6) is 0. The maximum atomic E-state index is 5.94. The zero-order valence-corrected chi connectivity index (χ0v) is 8.84. The van der Waals surface area contributed by atoms with Crippen LogP contribution in [0.5, 0.6) is 0 Å². The SMILES string of the molecule is CCCNCCc1sccc1Cl. The van der Waals surface area contributed by atoms with E-state index in [0.717, 1.165) is 24.5 Å². The van der Waals surface area contributed by atoms with Gasteiger partial charge in [0.15, 0.2) is 0 Å². The average Bonchev–Trinajstić information content (AvgIpc) is 2.46. The van der Waals surface area contributed by atoms with Crippen molar-refractivity contribution < 1.29 is 0 Å². The predicted octanol–water partition coefficient (Wildman–Crippen LogP) is 2.94. The van der Waals surface area contributed by atoms with Crippen molar-refractivity contribution in [1.29, 1.82) is 0 Å². The van der Waals surface area contributed by atoms with Gasteiger partial charge in [-0.2, -0.15) is 0 Å². The molecule has 0 aliphatic carbocycles. The lowest BCUT2D eigenvalue weighted by Gasteiger charge is -2.00. The highest BCUT2D eigenvalue weighted by atomic mass is 35.5. The third-order valence-electron chi connectivity index (χ3n) is 1.65. The summed E-state index contributed by atoms with van der Waals surface area (Å²) in [6.45, 7) is 4.31. The predicted molar refractivity (Wildman–Crippen MR) is 56.2 cm³/mol. The number of nitrogens with one attached hydrogen (secondary N) is 1. The molecule has 1 nitrogen and oxygen atoms in total. The molecule has 1 aromatic rings. The Bertz CT molecular complexity index is 222. The summed E-state index contributed by atoms with van der Waals surface area (Å²) in [7, 11) is 0. The molecule has 1 rings (SSSR count). The van der Waals surface area contributed by atoms with Crippen LogP contribution in [0.4, 0.5) is 0 Å². The Labute approximate surface area is 82.7 Å². The van der Waals surface area contributed by atoms with Crippen LogP contribution in [0.15, 0.2) is 11.4 Å². The summed E-state index contributed by atoms with van der Waals surface area (Å²) in [4.78, 5) is 1.29. The fraction of sp³-hybridized carbons (Fsp3) is 0.556. The second-order valence-electron chi connectivity index (χ2n) is 2.69. The lowest BCUT2D eigenvalue weighted by atomic mass is 10.3. The zero-order valence-electron chi connectivity index (χ0n) is 7.27. The molecule has 12 heavy (non-hydrogen) atoms. The van der Waals surface area contributed by atoms with Gasteiger partial charge in [-0.3, -0.25) is 0 Å². The molecule has 0 radical (unpaired) electrons. The van der Waals surface area contributed by atoms with Crippen molar-refractivity contribution in [3.05, 3.63) is 21.3 Å². The van der Waals surface area contributed by atoms with Crippen LogP contribution in [-0.2, 0) is 6.42 Å². The quantitative estimate of drug-likeness (QED) is 0.726. The van der Waals surface area contributed by atoms with Crippen molar-refractivity contribution in [3.8, 4) is 0 Å². The molecular formula is C9H14ClNS. The lowest BCUT2D eigenvalue weighted by Crippen LogP contribution is -2.17. The Kier molecular flexibility index (Phi) is 4.66. The molecule has 0 atom stereocenters. The van der Waals surface area contributed by atoms with Crippen LogP contribution >= 0.6 is 22.9 Å². The van der Waals surface area contributed by atoms with Crippen LogP contribution in [-0.4, -0.2) is 13.1 Å². The van der Waals surface area contributed by atoms with Crippen LogP contribution in [0.3, 0.4) is 0 Å². The van der Waals surface area contributed by atoms with Crippen molar-refractivity contribution >= 4 is 22.9 Å². The van der Waals surface area contributed by atoms with Crippen molar-refractivity contribution in [1.82, 2.24) is 5.32 Å². The van der Waals surface area contributed by atoms with E-state index in [1.165, 1.54) is 11.3 Å². The van der Waals surface area contributed by atoms with Crippen LogP contribution in [0.2, 0.25) is 5.02 Å². The smallest absolute Gasteiger partial charge is 0.0545 e. The third-order valence-corrected chi connectivity index (χ3v) is 3.09. The second kappa shape index (κ2) is 5.57. The second-order valence-corrected chi connectivity index (χ2v) is 4.10. The van der Waals surface area contributed by atoms with Crippen molar-refractivity contribution in [3.63, 3.8) is 0 Å². The van der Waals surface area contributed by atoms with E-state index in [0.29, 0.717) is 0 Å². The molecule has 0 fully saturated rings. The molecule has 1 N–H and O–H groups in total. The molecule has 1 heterocycles. The monoisotopic (exact) mass is 203 g/mol. The largest absolute Gasteiger partial charge is 0.316 e. The Morgan fingerprint density at radius 3 is 2.92 bits per heavy atom. The minimum Gasteiger partial charge on any atom is -0.316 e. The fourth-order valence-electron chi connectivity index (χ4n) is 1.01. The minimum atomic E-state index is 0.915.